The van der Waals surface area contributed by atoms with Gasteiger partial charge in [0.15, 0.2) is 1.05 Å². The number of alkyl halides is 5. The van der Waals surface area contributed by atoms with Crippen LogP contribution >= 0.6 is 97.5 Å². The Morgan fingerprint density at radius 1 is 0.566 bits per heavy atom. The van der Waals surface area contributed by atoms with Gasteiger partial charge < -0.3 is 15.7 Å². The Labute approximate surface area is 372 Å². The van der Waals surface area contributed by atoms with Crippen LogP contribution in [-0.4, -0.2) is 55.8 Å². The Balaban J connectivity index is -0.000000385. The minimum Gasteiger partial charge on any atom is -0.396 e. The van der Waals surface area contributed by atoms with Gasteiger partial charge in [0.25, 0.3) is 11.8 Å². The van der Waals surface area contributed by atoms with Gasteiger partial charge >= 0.3 is 0 Å². The molecule has 0 saturated heterocycles. The highest BCUT2D eigenvalue weighted by Gasteiger charge is 2.10. The van der Waals surface area contributed by atoms with E-state index in [0.29, 0.717) is 19.7 Å². The number of carbonyl (C=O) groups excluding carboxylic acids is 4. The maximum absolute atomic E-state index is 11.2. The van der Waals surface area contributed by atoms with Gasteiger partial charge in [0.2, 0.25) is 11.6 Å². The number of hydrogen-bond donors (Lipinski definition) is 3. The van der Waals surface area contributed by atoms with Crippen molar-refractivity contribution in [1.82, 2.24) is 10.6 Å². The van der Waals surface area contributed by atoms with Crippen molar-refractivity contribution >= 4 is 121 Å². The van der Waals surface area contributed by atoms with Gasteiger partial charge in [-0.25, -0.2) is 0 Å². The number of unbranched alkanes of at least 4 members (excludes halogenated alkanes) is 18. The minimum absolute atomic E-state index is 0.250. The quantitative estimate of drug-likeness (QED) is 0.0204. The largest absolute Gasteiger partial charge is 0.396 e. The summed E-state index contributed by atoms with van der Waals surface area (Å²) >= 11 is 16.0. The topological polar surface area (TPSA) is 113 Å². The molecule has 2 amide bonds. The maximum atomic E-state index is 11.2. The SMILES string of the molecule is BrC(Br)(Br)Br.CCC(=O)C(=O)NCCCC/C=C\CCCCCCCCCBr.CCC(=O)C(=O)NCCCC/C=C\CCCCCCCCCO.[3H]PP. The van der Waals surface area contributed by atoms with Crippen LogP contribution in [0.5, 0.6) is 0 Å². The van der Waals surface area contributed by atoms with Gasteiger partial charge in [0.05, 0.1) is 1.28 Å². The number of aliphatic hydroxyl groups is 1. The van der Waals surface area contributed by atoms with Crippen molar-refractivity contribution in [3.63, 3.8) is 0 Å². The van der Waals surface area contributed by atoms with Crippen LogP contribution in [0.2, 0.25) is 0 Å². The fourth-order valence-electron chi connectivity index (χ4n) is 4.67. The van der Waals surface area contributed by atoms with E-state index in [-0.39, 0.29) is 34.3 Å². The average molecular weight is 1110 g/mol. The van der Waals surface area contributed by atoms with Crippen molar-refractivity contribution in [3.05, 3.63) is 24.3 Å². The first-order chi connectivity index (χ1) is 25.9. The summed E-state index contributed by atoms with van der Waals surface area (Å²) in [4.78, 5) is 44.6. The summed E-state index contributed by atoms with van der Waals surface area (Å²) in [6, 6.07) is 0. The van der Waals surface area contributed by atoms with Crippen LogP contribution in [0.1, 0.15) is 168 Å². The van der Waals surface area contributed by atoms with E-state index in [4.69, 9.17) is 6.39 Å². The Hall–Kier alpha value is 0.980. The predicted molar refractivity (Wildman–Crippen MR) is 255 cm³/mol. The summed E-state index contributed by atoms with van der Waals surface area (Å²) in [6.07, 6.45) is 35.9. The number of Topliss-reactive ketones (excluding diaryl/α,β-unsaturated/α-hetero) is 2. The summed E-state index contributed by atoms with van der Waals surface area (Å²) in [6.45, 7) is 4.93. The van der Waals surface area contributed by atoms with Crippen LogP contribution in [0.3, 0.4) is 0 Å². The molecule has 0 saturated carbocycles. The van der Waals surface area contributed by atoms with Gasteiger partial charge in [-0.05, 0) is 141 Å². The predicted octanol–water partition coefficient (Wildman–Crippen LogP) is 13.1. The van der Waals surface area contributed by atoms with E-state index in [9.17, 15) is 19.2 Å². The van der Waals surface area contributed by atoms with Crippen molar-refractivity contribution in [2.24, 2.45) is 0 Å². The lowest BCUT2D eigenvalue weighted by Crippen LogP contribution is -2.31. The van der Waals surface area contributed by atoms with E-state index in [1.807, 2.05) is 0 Å². The summed E-state index contributed by atoms with van der Waals surface area (Å²) in [5, 5.41) is 15.1. The third kappa shape index (κ3) is 62.4. The Kier molecular flexibility index (Phi) is 56.1. The molecule has 14 heteroatoms. The molecule has 0 spiro atoms. The highest BCUT2D eigenvalue weighted by atomic mass is 80.0. The number of nitrogens with one attached hydrogen (secondary N) is 2. The van der Waals surface area contributed by atoms with Crippen molar-refractivity contribution in [3.8, 4) is 0 Å². The molecule has 0 fully saturated rings. The van der Waals surface area contributed by atoms with Crippen molar-refractivity contribution in [1.29, 1.82) is 1.28 Å². The number of ketones is 2. The monoisotopic (exact) mass is 1110 g/mol. The van der Waals surface area contributed by atoms with Crippen LogP contribution in [-0.2, 0) is 19.2 Å². The first-order valence-electron chi connectivity index (χ1n) is 20.1. The molecule has 0 aromatic rings. The number of aliphatic hydroxyl groups excluding tert-OH is 1. The zero-order valence-electron chi connectivity index (χ0n) is 33.7. The second kappa shape index (κ2) is 51.0. The third-order valence-electron chi connectivity index (χ3n) is 7.68. The molecule has 0 aliphatic rings. The van der Waals surface area contributed by atoms with Gasteiger partial charge in [-0.1, -0.05) is 118 Å². The van der Waals surface area contributed by atoms with Crippen molar-refractivity contribution in [2.75, 3.05) is 25.0 Å². The number of carbonyl (C=O) groups is 4. The van der Waals surface area contributed by atoms with Crippen LogP contribution in [0.15, 0.2) is 24.3 Å². The Morgan fingerprint density at radius 3 is 1.11 bits per heavy atom. The van der Waals surface area contributed by atoms with Crippen molar-refractivity contribution < 1.29 is 24.3 Å². The van der Waals surface area contributed by atoms with E-state index < -0.39 is 11.8 Å². The van der Waals surface area contributed by atoms with E-state index in [1.54, 1.807) is 13.8 Å². The van der Waals surface area contributed by atoms with Crippen LogP contribution < -0.4 is 10.6 Å². The molecule has 2 unspecified atom stereocenters. The number of allylic oxidation sites excluding steroid dienone is 4. The number of halogens is 5. The van der Waals surface area contributed by atoms with Gasteiger partial charge in [-0.2, -0.15) is 0 Å². The highest BCUT2D eigenvalue weighted by molar-refractivity contribution is 9.52. The lowest BCUT2D eigenvalue weighted by atomic mass is 10.1. The van der Waals surface area contributed by atoms with Gasteiger partial charge in [-0.15, -0.1) is 17.8 Å². The fraction of sp³-hybridized carbons (Fsp3) is 0.795. The molecular formula is C39H73Br5N2O5P2. The molecule has 0 rings (SSSR count). The molecule has 314 valence electrons. The summed E-state index contributed by atoms with van der Waals surface area (Å²) in [5.74, 6) is -1.54. The van der Waals surface area contributed by atoms with Gasteiger partial charge in [-0.3, -0.25) is 19.2 Å². The van der Waals surface area contributed by atoms with E-state index in [0.717, 1.165) is 63.1 Å². The third-order valence-corrected chi connectivity index (χ3v) is 8.24. The van der Waals surface area contributed by atoms with E-state index >= 15 is 0 Å². The highest BCUT2D eigenvalue weighted by Crippen LogP contribution is 2.39. The van der Waals surface area contributed by atoms with E-state index in [1.165, 1.54) is 83.5 Å². The van der Waals surface area contributed by atoms with Crippen LogP contribution in [0, 0.1) is 0 Å². The van der Waals surface area contributed by atoms with Gasteiger partial charge in [0, 0.05) is 37.9 Å². The average Bonchev–Trinajstić information content (AvgIpc) is 3.13. The summed E-state index contributed by atoms with van der Waals surface area (Å²) < 4.78 is 5.95. The van der Waals surface area contributed by atoms with Crippen LogP contribution in [0.4, 0.5) is 0 Å². The second-order valence-electron chi connectivity index (χ2n) is 12.4. The Morgan fingerprint density at radius 2 is 0.830 bits per heavy atom. The minimum atomic E-state index is -0.445. The van der Waals surface area contributed by atoms with Gasteiger partial charge in [0.1, 0.15) is 0 Å². The molecular weight excluding hydrogens is 1040 g/mol. The molecule has 2 atom stereocenters. The normalized spacial score (nSPS) is 11.3. The van der Waals surface area contributed by atoms with Crippen molar-refractivity contribution in [2.45, 2.75) is 169 Å². The first kappa shape index (κ1) is 58.3. The number of rotatable bonds is 32. The number of amides is 2. The summed E-state index contributed by atoms with van der Waals surface area (Å²) in [7, 11) is 2.52. The molecule has 0 aliphatic carbocycles. The molecule has 53 heavy (non-hydrogen) atoms. The molecule has 0 radical (unpaired) electrons. The lowest BCUT2D eigenvalue weighted by molar-refractivity contribution is -0.137. The zero-order chi connectivity index (χ0) is 41.6. The Bertz CT molecular complexity index is 847. The molecule has 0 aromatic heterocycles. The van der Waals surface area contributed by atoms with E-state index in [2.05, 4.69) is 124 Å². The van der Waals surface area contributed by atoms with Crippen LogP contribution in [0.25, 0.3) is 0 Å². The summed E-state index contributed by atoms with van der Waals surface area (Å²) in [5.41, 5.74) is 0. The molecule has 0 aromatic carbocycles. The fourth-order valence-corrected chi connectivity index (χ4v) is 5.06. The molecule has 0 aliphatic heterocycles. The first-order valence-corrected chi connectivity index (χ1v) is 26.2. The molecule has 3 N–H and O–H groups in total. The lowest BCUT2D eigenvalue weighted by Gasteiger charge is -2.02. The molecule has 0 heterocycles. The smallest absolute Gasteiger partial charge is 0.287 e. The second-order valence-corrected chi connectivity index (χ2v) is 24.3. The number of hydrogen-bond acceptors (Lipinski definition) is 5. The molecule has 7 nitrogen and oxygen atoms in total. The zero-order valence-corrected chi connectivity index (χ0v) is 42.7. The standard InChI is InChI=1S/C19H34BrNO2.C19H35NO3.CBr4.H4P2/c1-2-18(22)19(23)21-17-15-13-11-9-7-5-3-4-6-8-10-12-14-16-20;1-2-18(22)19(23)20-16-14-12-10-8-6-4-3-5-7-9-11-13-15-17-21;2-1(3,4)5;1-2/h7,9H,2-6,8,10-17H2,1H3,(H,21,23);6,8,21H,2-5,7,9-17H2,1H3,(H,20,23);;1-2H2/b9-7-;8-6-;;/i;;;1T. The maximum Gasteiger partial charge on any atom is 0.287 e. The molecule has 0 bridgehead atoms.